The molecule has 0 aromatic heterocycles. The fourth-order valence-electron chi connectivity index (χ4n) is 3.51. The predicted molar refractivity (Wildman–Crippen MR) is 122 cm³/mol. The van der Waals surface area contributed by atoms with Crippen LogP contribution in [0.1, 0.15) is 23.2 Å². The molecular weight excluding hydrogens is 406 g/mol. The molecule has 0 radical (unpaired) electrons. The molecule has 1 aliphatic rings. The van der Waals surface area contributed by atoms with Gasteiger partial charge in [0.25, 0.3) is 5.91 Å². The zero-order chi connectivity index (χ0) is 22.2. The molecule has 0 bridgehead atoms. The third kappa shape index (κ3) is 5.74. The minimum Gasteiger partial charge on any atom is -0.491 e. The van der Waals surface area contributed by atoms with Crippen LogP contribution in [-0.4, -0.2) is 37.8 Å². The van der Waals surface area contributed by atoms with E-state index in [2.05, 4.69) is 5.32 Å². The molecule has 1 amide bonds. The van der Waals surface area contributed by atoms with Crippen molar-refractivity contribution < 1.29 is 23.8 Å². The number of nitrogens with one attached hydrogen (secondary N) is 1. The highest BCUT2D eigenvalue weighted by Crippen LogP contribution is 2.27. The normalized spacial score (nSPS) is 15.2. The molecule has 1 unspecified atom stereocenters. The Bertz CT molecular complexity index is 1040. The van der Waals surface area contributed by atoms with Crippen molar-refractivity contribution in [1.29, 1.82) is 0 Å². The van der Waals surface area contributed by atoms with Crippen LogP contribution in [0, 0.1) is 0 Å². The fourth-order valence-corrected chi connectivity index (χ4v) is 3.51. The first-order valence-corrected chi connectivity index (χ1v) is 10.6. The summed E-state index contributed by atoms with van der Waals surface area (Å²) in [5.41, 5.74) is 2.90. The maximum Gasteiger partial charge on any atom is 0.338 e. The van der Waals surface area contributed by atoms with E-state index in [0.717, 1.165) is 30.6 Å². The van der Waals surface area contributed by atoms with Gasteiger partial charge in [0, 0.05) is 17.9 Å². The second-order valence-corrected chi connectivity index (χ2v) is 7.51. The van der Waals surface area contributed by atoms with Gasteiger partial charge in [-0.25, -0.2) is 4.79 Å². The Morgan fingerprint density at radius 1 is 0.938 bits per heavy atom. The van der Waals surface area contributed by atoms with Crippen molar-refractivity contribution in [3.8, 4) is 16.9 Å². The fraction of sp³-hybridized carbons (Fsp3) is 0.231. The standard InChI is InChI=1S/C26H25NO5/c28-25(27-24-11-5-4-10-23(24)19-7-2-1-3-8-19)18-32-26(29)20-12-14-21(15-13-20)31-17-22-9-6-16-30-22/h1-5,7-8,10-15,22H,6,9,16-18H2,(H,27,28). The van der Waals surface area contributed by atoms with Gasteiger partial charge in [0.2, 0.25) is 0 Å². The topological polar surface area (TPSA) is 73.9 Å². The lowest BCUT2D eigenvalue weighted by atomic mass is 10.0. The molecular formula is C26H25NO5. The number of hydrogen-bond donors (Lipinski definition) is 1. The number of esters is 1. The monoisotopic (exact) mass is 431 g/mol. The second-order valence-electron chi connectivity index (χ2n) is 7.51. The largest absolute Gasteiger partial charge is 0.491 e. The van der Waals surface area contributed by atoms with E-state index in [-0.39, 0.29) is 12.7 Å². The number of ether oxygens (including phenoxy) is 3. The summed E-state index contributed by atoms with van der Waals surface area (Å²) < 4.78 is 16.4. The summed E-state index contributed by atoms with van der Waals surface area (Å²) >= 11 is 0. The maximum absolute atomic E-state index is 12.4. The first-order valence-electron chi connectivity index (χ1n) is 10.6. The van der Waals surface area contributed by atoms with Gasteiger partial charge in [0.15, 0.2) is 6.61 Å². The Morgan fingerprint density at radius 3 is 2.44 bits per heavy atom. The zero-order valence-electron chi connectivity index (χ0n) is 17.7. The van der Waals surface area contributed by atoms with E-state index in [9.17, 15) is 9.59 Å². The van der Waals surface area contributed by atoms with Crippen LogP contribution in [0.25, 0.3) is 11.1 Å². The van der Waals surface area contributed by atoms with Crippen molar-refractivity contribution in [3.05, 3.63) is 84.4 Å². The van der Waals surface area contributed by atoms with Gasteiger partial charge in [0.1, 0.15) is 12.4 Å². The quantitative estimate of drug-likeness (QED) is 0.523. The van der Waals surface area contributed by atoms with E-state index >= 15 is 0 Å². The molecule has 32 heavy (non-hydrogen) atoms. The summed E-state index contributed by atoms with van der Waals surface area (Å²) in [6.45, 7) is 0.901. The average Bonchev–Trinajstić information content (AvgIpc) is 3.36. The van der Waals surface area contributed by atoms with Crippen LogP contribution in [0.15, 0.2) is 78.9 Å². The first kappa shape index (κ1) is 21.6. The van der Waals surface area contributed by atoms with Crippen LogP contribution in [0.3, 0.4) is 0 Å². The van der Waals surface area contributed by atoms with Gasteiger partial charge in [-0.3, -0.25) is 4.79 Å². The molecule has 1 fully saturated rings. The van der Waals surface area contributed by atoms with E-state index < -0.39 is 11.9 Å². The van der Waals surface area contributed by atoms with E-state index in [4.69, 9.17) is 14.2 Å². The molecule has 164 valence electrons. The molecule has 0 saturated carbocycles. The summed E-state index contributed by atoms with van der Waals surface area (Å²) in [6.07, 6.45) is 2.19. The number of para-hydroxylation sites is 1. The van der Waals surface area contributed by atoms with Crippen LogP contribution in [0.2, 0.25) is 0 Å². The highest BCUT2D eigenvalue weighted by Gasteiger charge is 2.16. The maximum atomic E-state index is 12.4. The van der Waals surface area contributed by atoms with Crippen molar-refractivity contribution in [2.24, 2.45) is 0 Å². The second kappa shape index (κ2) is 10.6. The molecule has 6 nitrogen and oxygen atoms in total. The zero-order valence-corrected chi connectivity index (χ0v) is 17.7. The van der Waals surface area contributed by atoms with Crippen molar-refractivity contribution in [2.75, 3.05) is 25.1 Å². The van der Waals surface area contributed by atoms with Crippen molar-refractivity contribution in [1.82, 2.24) is 0 Å². The summed E-state index contributed by atoms with van der Waals surface area (Å²) in [5.74, 6) is -0.312. The molecule has 1 heterocycles. The minimum atomic E-state index is -0.567. The van der Waals surface area contributed by atoms with Crippen LogP contribution in [-0.2, 0) is 14.3 Å². The first-order chi connectivity index (χ1) is 15.7. The van der Waals surface area contributed by atoms with Gasteiger partial charge in [-0.1, -0.05) is 48.5 Å². The van der Waals surface area contributed by atoms with E-state index in [1.807, 2.05) is 54.6 Å². The van der Waals surface area contributed by atoms with Crippen LogP contribution < -0.4 is 10.1 Å². The highest BCUT2D eigenvalue weighted by molar-refractivity contribution is 5.98. The third-order valence-corrected chi connectivity index (χ3v) is 5.17. The summed E-state index contributed by atoms with van der Waals surface area (Å²) in [7, 11) is 0. The Kier molecular flexibility index (Phi) is 7.15. The molecule has 3 aromatic rings. The predicted octanol–water partition coefficient (Wildman–Crippen LogP) is 4.71. The van der Waals surface area contributed by atoms with Crippen LogP contribution in [0.4, 0.5) is 5.69 Å². The number of rotatable bonds is 8. The van der Waals surface area contributed by atoms with Crippen molar-refractivity contribution in [3.63, 3.8) is 0 Å². The number of anilines is 1. The minimum absolute atomic E-state index is 0.130. The summed E-state index contributed by atoms with van der Waals surface area (Å²) in [6, 6.07) is 23.9. The lowest BCUT2D eigenvalue weighted by Gasteiger charge is -2.12. The average molecular weight is 431 g/mol. The third-order valence-electron chi connectivity index (χ3n) is 5.17. The molecule has 1 aliphatic heterocycles. The van der Waals surface area contributed by atoms with E-state index in [1.165, 1.54) is 0 Å². The van der Waals surface area contributed by atoms with Gasteiger partial charge < -0.3 is 19.5 Å². The molecule has 4 rings (SSSR count). The lowest BCUT2D eigenvalue weighted by Crippen LogP contribution is -2.21. The van der Waals surface area contributed by atoms with E-state index in [1.54, 1.807) is 24.3 Å². The molecule has 1 N–H and O–H groups in total. The van der Waals surface area contributed by atoms with Gasteiger partial charge in [-0.2, -0.15) is 0 Å². The Morgan fingerprint density at radius 2 is 1.69 bits per heavy atom. The van der Waals surface area contributed by atoms with Gasteiger partial charge in [-0.15, -0.1) is 0 Å². The SMILES string of the molecule is O=C(COC(=O)c1ccc(OCC2CCCO2)cc1)Nc1ccccc1-c1ccccc1. The summed E-state index contributed by atoms with van der Waals surface area (Å²) in [4.78, 5) is 24.7. The molecule has 3 aromatic carbocycles. The highest BCUT2D eigenvalue weighted by atomic mass is 16.5. The molecule has 1 atom stereocenters. The Labute approximate surface area is 187 Å². The number of benzene rings is 3. The van der Waals surface area contributed by atoms with Crippen LogP contribution in [0.5, 0.6) is 5.75 Å². The molecule has 6 heteroatoms. The Balaban J connectivity index is 1.28. The molecule has 0 aliphatic carbocycles. The number of hydrogen-bond acceptors (Lipinski definition) is 5. The van der Waals surface area contributed by atoms with Gasteiger partial charge >= 0.3 is 5.97 Å². The number of amides is 1. The van der Waals surface area contributed by atoms with Crippen molar-refractivity contribution in [2.45, 2.75) is 18.9 Å². The van der Waals surface area contributed by atoms with Crippen molar-refractivity contribution >= 4 is 17.6 Å². The number of carbonyl (C=O) groups is 2. The van der Waals surface area contributed by atoms with Crippen LogP contribution >= 0.6 is 0 Å². The van der Waals surface area contributed by atoms with E-state index in [0.29, 0.717) is 23.6 Å². The smallest absolute Gasteiger partial charge is 0.338 e. The molecule has 0 spiro atoms. The summed E-state index contributed by atoms with van der Waals surface area (Å²) in [5, 5.41) is 2.82. The Hall–Kier alpha value is -3.64. The lowest BCUT2D eigenvalue weighted by molar-refractivity contribution is -0.119. The number of carbonyl (C=O) groups excluding carboxylic acids is 2. The molecule has 1 saturated heterocycles. The van der Waals surface area contributed by atoms with Gasteiger partial charge in [-0.05, 0) is 48.7 Å². The van der Waals surface area contributed by atoms with Gasteiger partial charge in [0.05, 0.1) is 11.7 Å².